The minimum Gasteiger partial charge on any atom is -0.493 e. The van der Waals surface area contributed by atoms with Crippen molar-refractivity contribution in [3.05, 3.63) is 29.8 Å². The molecule has 0 radical (unpaired) electrons. The number of rotatable bonds is 9. The second kappa shape index (κ2) is 12.4. The van der Waals surface area contributed by atoms with E-state index in [2.05, 4.69) is 22.4 Å². The van der Waals surface area contributed by atoms with Gasteiger partial charge in [0.05, 0.1) is 13.7 Å². The third-order valence-corrected chi connectivity index (χ3v) is 3.97. The monoisotopic (exact) mass is 383 g/mol. The third-order valence-electron chi connectivity index (χ3n) is 3.02. The second-order valence-corrected chi connectivity index (χ2v) is 6.29. The summed E-state index contributed by atoms with van der Waals surface area (Å²) in [6.07, 6.45) is 6.17. The van der Waals surface area contributed by atoms with Gasteiger partial charge in [0.25, 0.3) is 5.91 Å². The molecule has 138 valence electrons. The van der Waals surface area contributed by atoms with Crippen LogP contribution in [0.25, 0.3) is 6.08 Å². The van der Waals surface area contributed by atoms with Crippen LogP contribution in [0.1, 0.15) is 18.9 Å². The molecular formula is C17H25N3O3S2. The van der Waals surface area contributed by atoms with Gasteiger partial charge in [-0.3, -0.25) is 15.6 Å². The van der Waals surface area contributed by atoms with Crippen LogP contribution in [0.4, 0.5) is 0 Å². The Hall–Kier alpha value is -1.93. The molecule has 0 bridgehead atoms. The minimum atomic E-state index is -0.305. The van der Waals surface area contributed by atoms with Gasteiger partial charge in [0.1, 0.15) is 0 Å². The lowest BCUT2D eigenvalue weighted by Crippen LogP contribution is -2.46. The molecule has 0 aliphatic rings. The largest absolute Gasteiger partial charge is 0.493 e. The summed E-state index contributed by atoms with van der Waals surface area (Å²) in [7, 11) is 1.58. The van der Waals surface area contributed by atoms with E-state index in [1.807, 2.05) is 19.1 Å². The lowest BCUT2D eigenvalue weighted by Gasteiger charge is -2.10. The molecule has 0 fully saturated rings. The summed E-state index contributed by atoms with van der Waals surface area (Å²) in [6.45, 7) is 3.24. The Balaban J connectivity index is 2.44. The summed E-state index contributed by atoms with van der Waals surface area (Å²) >= 11 is 6.86. The van der Waals surface area contributed by atoms with E-state index in [1.54, 1.807) is 31.0 Å². The molecule has 1 rings (SSSR count). The van der Waals surface area contributed by atoms with E-state index in [0.29, 0.717) is 23.2 Å². The molecule has 0 unspecified atom stereocenters. The quantitative estimate of drug-likeness (QED) is 0.262. The standard InChI is InChI=1S/C17H25N3O3S2/c1-4-23-14-8-6-13(12-15(14)22-2)7-9-16(21)19-20-17(24)18-10-5-11-25-3/h6-9,12H,4-5,10-11H2,1-3H3,(H,19,21)(H2,18,20,24). The first kappa shape index (κ1) is 21.1. The molecule has 1 aromatic carbocycles. The molecule has 1 amide bonds. The fraction of sp³-hybridized carbons (Fsp3) is 0.412. The Bertz CT molecular complexity index is 595. The van der Waals surface area contributed by atoms with Gasteiger partial charge in [0.15, 0.2) is 16.6 Å². The minimum absolute atomic E-state index is 0.305. The van der Waals surface area contributed by atoms with Gasteiger partial charge in [0, 0.05) is 12.6 Å². The summed E-state index contributed by atoms with van der Waals surface area (Å²) in [5.41, 5.74) is 6.00. The van der Waals surface area contributed by atoms with Crippen molar-refractivity contribution in [2.45, 2.75) is 13.3 Å². The zero-order valence-electron chi connectivity index (χ0n) is 14.8. The molecule has 0 saturated heterocycles. The van der Waals surface area contributed by atoms with Crippen molar-refractivity contribution >= 4 is 41.1 Å². The maximum absolute atomic E-state index is 11.8. The summed E-state index contributed by atoms with van der Waals surface area (Å²) < 4.78 is 10.7. The van der Waals surface area contributed by atoms with Crippen LogP contribution in [-0.4, -0.2) is 43.3 Å². The Kier molecular flexibility index (Phi) is 10.5. The van der Waals surface area contributed by atoms with E-state index >= 15 is 0 Å². The number of carbonyl (C=O) groups excluding carboxylic acids is 1. The van der Waals surface area contributed by atoms with Crippen molar-refractivity contribution in [1.82, 2.24) is 16.2 Å². The number of methoxy groups -OCH3 is 1. The fourth-order valence-electron chi connectivity index (χ4n) is 1.86. The van der Waals surface area contributed by atoms with Crippen LogP contribution in [0.5, 0.6) is 11.5 Å². The van der Waals surface area contributed by atoms with Crippen molar-refractivity contribution in [3.63, 3.8) is 0 Å². The van der Waals surface area contributed by atoms with Crippen LogP contribution in [0.2, 0.25) is 0 Å². The van der Waals surface area contributed by atoms with Gasteiger partial charge >= 0.3 is 0 Å². The number of hydrazine groups is 1. The van der Waals surface area contributed by atoms with Gasteiger partial charge in [-0.1, -0.05) is 6.07 Å². The van der Waals surface area contributed by atoms with Crippen LogP contribution in [-0.2, 0) is 4.79 Å². The van der Waals surface area contributed by atoms with Crippen LogP contribution in [0.15, 0.2) is 24.3 Å². The van der Waals surface area contributed by atoms with Crippen LogP contribution in [0.3, 0.4) is 0 Å². The van der Waals surface area contributed by atoms with Crippen molar-refractivity contribution in [1.29, 1.82) is 0 Å². The number of thioether (sulfide) groups is 1. The SMILES string of the molecule is CCOc1ccc(C=CC(=O)NNC(=S)NCCCSC)cc1OC. The lowest BCUT2D eigenvalue weighted by molar-refractivity contribution is -0.116. The molecular weight excluding hydrogens is 358 g/mol. The second-order valence-electron chi connectivity index (χ2n) is 4.89. The number of hydrogen-bond donors (Lipinski definition) is 3. The average molecular weight is 384 g/mol. The predicted octanol–water partition coefficient (Wildman–Crippen LogP) is 2.36. The number of hydrogen-bond acceptors (Lipinski definition) is 5. The molecule has 0 heterocycles. The zero-order chi connectivity index (χ0) is 18.5. The molecule has 1 aromatic rings. The van der Waals surface area contributed by atoms with Gasteiger partial charge in [-0.2, -0.15) is 11.8 Å². The molecule has 0 saturated carbocycles. The highest BCUT2D eigenvalue weighted by atomic mass is 32.2. The van der Waals surface area contributed by atoms with Gasteiger partial charge < -0.3 is 14.8 Å². The maximum atomic E-state index is 11.8. The Morgan fingerprint density at radius 3 is 2.80 bits per heavy atom. The first-order chi connectivity index (χ1) is 12.1. The molecule has 3 N–H and O–H groups in total. The van der Waals surface area contributed by atoms with Crippen LogP contribution < -0.4 is 25.6 Å². The number of amides is 1. The maximum Gasteiger partial charge on any atom is 0.262 e. The number of thiocarbonyl (C=S) groups is 1. The summed E-state index contributed by atoms with van der Waals surface area (Å²) in [5.74, 6) is 2.06. The van der Waals surface area contributed by atoms with Gasteiger partial charge in [0.2, 0.25) is 0 Å². The van der Waals surface area contributed by atoms with E-state index in [-0.39, 0.29) is 5.91 Å². The van der Waals surface area contributed by atoms with Crippen molar-refractivity contribution in [2.75, 3.05) is 32.3 Å². The zero-order valence-corrected chi connectivity index (χ0v) is 16.4. The average Bonchev–Trinajstić information content (AvgIpc) is 2.62. The summed E-state index contributed by atoms with van der Waals surface area (Å²) in [4.78, 5) is 11.8. The number of benzene rings is 1. The highest BCUT2D eigenvalue weighted by Crippen LogP contribution is 2.28. The molecule has 25 heavy (non-hydrogen) atoms. The van der Waals surface area contributed by atoms with Crippen molar-refractivity contribution in [3.8, 4) is 11.5 Å². The van der Waals surface area contributed by atoms with Gasteiger partial charge in [-0.05, 0) is 61.3 Å². The molecule has 0 aliphatic carbocycles. The molecule has 0 aliphatic heterocycles. The molecule has 0 atom stereocenters. The number of nitrogens with one attached hydrogen (secondary N) is 3. The summed E-state index contributed by atoms with van der Waals surface area (Å²) in [6, 6.07) is 5.47. The third kappa shape index (κ3) is 8.64. The van der Waals surface area contributed by atoms with E-state index < -0.39 is 0 Å². The Morgan fingerprint density at radius 1 is 1.32 bits per heavy atom. The van der Waals surface area contributed by atoms with Gasteiger partial charge in [-0.15, -0.1) is 0 Å². The summed E-state index contributed by atoms with van der Waals surface area (Å²) in [5, 5.41) is 3.41. The normalized spacial score (nSPS) is 10.4. The van der Waals surface area contributed by atoms with Crippen molar-refractivity contribution in [2.24, 2.45) is 0 Å². The van der Waals surface area contributed by atoms with E-state index in [4.69, 9.17) is 21.7 Å². The fourth-order valence-corrected chi connectivity index (χ4v) is 2.44. The highest BCUT2D eigenvalue weighted by Gasteiger charge is 2.04. The van der Waals surface area contributed by atoms with Crippen LogP contribution >= 0.6 is 24.0 Å². The number of ether oxygens (including phenoxy) is 2. The molecule has 0 spiro atoms. The topological polar surface area (TPSA) is 71.6 Å². The van der Waals surface area contributed by atoms with E-state index in [9.17, 15) is 4.79 Å². The molecule has 0 aromatic heterocycles. The van der Waals surface area contributed by atoms with Crippen molar-refractivity contribution < 1.29 is 14.3 Å². The first-order valence-electron chi connectivity index (χ1n) is 7.92. The first-order valence-corrected chi connectivity index (χ1v) is 9.72. The van der Waals surface area contributed by atoms with E-state index in [1.165, 1.54) is 6.08 Å². The van der Waals surface area contributed by atoms with E-state index in [0.717, 1.165) is 24.3 Å². The molecule has 8 heteroatoms. The van der Waals surface area contributed by atoms with Gasteiger partial charge in [-0.25, -0.2) is 0 Å². The Morgan fingerprint density at radius 2 is 2.12 bits per heavy atom. The van der Waals surface area contributed by atoms with Crippen LogP contribution in [0, 0.1) is 0 Å². The molecule has 6 nitrogen and oxygen atoms in total. The lowest BCUT2D eigenvalue weighted by atomic mass is 10.2. The highest BCUT2D eigenvalue weighted by molar-refractivity contribution is 7.98. The number of carbonyl (C=O) groups is 1. The predicted molar refractivity (Wildman–Crippen MR) is 108 cm³/mol. The smallest absolute Gasteiger partial charge is 0.262 e. The Labute approximate surface area is 158 Å².